The smallest absolute Gasteiger partial charge is 0.339 e. The highest BCUT2D eigenvalue weighted by atomic mass is 16.5. The number of hydrogen-bond acceptors (Lipinski definition) is 6. The number of carbonyl (C=O) groups excluding carboxylic acids is 1. The van der Waals surface area contributed by atoms with Crippen LogP contribution in [0.5, 0.6) is 0 Å². The fraction of sp³-hybridized carbons (Fsp3) is 0.190. The summed E-state index contributed by atoms with van der Waals surface area (Å²) in [6.07, 6.45) is 0. The molecule has 0 atom stereocenters. The molecule has 0 spiro atoms. The van der Waals surface area contributed by atoms with Crippen molar-refractivity contribution in [3.8, 4) is 0 Å². The van der Waals surface area contributed by atoms with Gasteiger partial charge in [0.05, 0.1) is 18.4 Å². The lowest BCUT2D eigenvalue weighted by molar-refractivity contribution is 0.0602. The second-order valence-corrected chi connectivity index (χ2v) is 6.16. The van der Waals surface area contributed by atoms with Gasteiger partial charge in [-0.15, -0.1) is 0 Å². The van der Waals surface area contributed by atoms with E-state index in [0.29, 0.717) is 29.6 Å². The predicted octanol–water partition coefficient (Wildman–Crippen LogP) is 4.24. The Morgan fingerprint density at radius 2 is 1.78 bits per heavy atom. The minimum Gasteiger partial charge on any atom is -0.465 e. The van der Waals surface area contributed by atoms with Gasteiger partial charge < -0.3 is 15.4 Å². The van der Waals surface area contributed by atoms with Crippen molar-refractivity contribution in [2.75, 3.05) is 17.7 Å². The summed E-state index contributed by atoms with van der Waals surface area (Å²) in [6, 6.07) is 17.2. The minimum absolute atomic E-state index is 0.413. The molecule has 0 aliphatic rings. The molecule has 1 aromatic heterocycles. The van der Waals surface area contributed by atoms with E-state index in [4.69, 9.17) is 4.74 Å². The standard InChI is InChI=1S/C21H22N4O2/c1-14-8-4-5-9-16(14)13-22-19-12-15(2)23-21(25-19)24-18-11-7-6-10-17(18)20(26)27-3/h4-12H,13H2,1-3H3,(H2,22,23,24,25). The van der Waals surface area contributed by atoms with Crippen molar-refractivity contribution in [3.63, 3.8) is 0 Å². The van der Waals surface area contributed by atoms with Crippen LogP contribution >= 0.6 is 0 Å². The van der Waals surface area contributed by atoms with Crippen molar-refractivity contribution in [1.29, 1.82) is 0 Å². The zero-order valence-corrected chi connectivity index (χ0v) is 15.6. The molecule has 3 aromatic rings. The Balaban J connectivity index is 1.80. The van der Waals surface area contributed by atoms with Crippen LogP contribution in [0.4, 0.5) is 17.5 Å². The lowest BCUT2D eigenvalue weighted by Gasteiger charge is -2.12. The maximum atomic E-state index is 11.9. The molecule has 2 N–H and O–H groups in total. The number of aromatic nitrogens is 2. The number of rotatable bonds is 6. The first kappa shape index (κ1) is 18.4. The summed E-state index contributed by atoms with van der Waals surface area (Å²) < 4.78 is 4.83. The van der Waals surface area contributed by atoms with Crippen LogP contribution < -0.4 is 10.6 Å². The molecular weight excluding hydrogens is 340 g/mol. The van der Waals surface area contributed by atoms with E-state index in [0.717, 1.165) is 5.69 Å². The van der Waals surface area contributed by atoms with Crippen LogP contribution in [-0.4, -0.2) is 23.0 Å². The van der Waals surface area contributed by atoms with Crippen LogP contribution in [0.1, 0.15) is 27.2 Å². The van der Waals surface area contributed by atoms with Gasteiger partial charge in [-0.05, 0) is 37.1 Å². The first-order chi connectivity index (χ1) is 13.1. The van der Waals surface area contributed by atoms with Crippen molar-refractivity contribution < 1.29 is 9.53 Å². The number of anilines is 3. The van der Waals surface area contributed by atoms with Crippen molar-refractivity contribution in [2.24, 2.45) is 0 Å². The fourth-order valence-electron chi connectivity index (χ4n) is 2.71. The molecule has 27 heavy (non-hydrogen) atoms. The van der Waals surface area contributed by atoms with Gasteiger partial charge in [-0.2, -0.15) is 4.98 Å². The van der Waals surface area contributed by atoms with Gasteiger partial charge in [-0.3, -0.25) is 0 Å². The molecule has 0 aliphatic heterocycles. The number of methoxy groups -OCH3 is 1. The summed E-state index contributed by atoms with van der Waals surface area (Å²) in [6.45, 7) is 4.65. The zero-order valence-electron chi connectivity index (χ0n) is 15.6. The van der Waals surface area contributed by atoms with Crippen LogP contribution in [0.3, 0.4) is 0 Å². The number of esters is 1. The first-order valence-corrected chi connectivity index (χ1v) is 8.65. The molecule has 3 rings (SSSR count). The second kappa shape index (κ2) is 8.31. The van der Waals surface area contributed by atoms with E-state index in [9.17, 15) is 4.79 Å². The van der Waals surface area contributed by atoms with Crippen molar-refractivity contribution >= 4 is 23.4 Å². The molecule has 0 unspecified atom stereocenters. The van der Waals surface area contributed by atoms with Gasteiger partial charge in [0.15, 0.2) is 0 Å². The van der Waals surface area contributed by atoms with E-state index in [1.165, 1.54) is 18.2 Å². The van der Waals surface area contributed by atoms with E-state index < -0.39 is 5.97 Å². The SMILES string of the molecule is COC(=O)c1ccccc1Nc1nc(C)cc(NCc2ccccc2C)n1. The van der Waals surface area contributed by atoms with Crippen LogP contribution in [0.15, 0.2) is 54.6 Å². The summed E-state index contributed by atoms with van der Waals surface area (Å²) in [5.74, 6) is 0.714. The maximum absolute atomic E-state index is 11.9. The Bertz CT molecular complexity index is 956. The van der Waals surface area contributed by atoms with Gasteiger partial charge in [0.25, 0.3) is 0 Å². The van der Waals surface area contributed by atoms with Crippen LogP contribution in [0.2, 0.25) is 0 Å². The molecule has 2 aromatic carbocycles. The largest absolute Gasteiger partial charge is 0.465 e. The Morgan fingerprint density at radius 3 is 2.56 bits per heavy atom. The molecule has 0 saturated carbocycles. The Labute approximate surface area is 158 Å². The number of nitrogens with one attached hydrogen (secondary N) is 2. The highest BCUT2D eigenvalue weighted by molar-refractivity contribution is 5.96. The normalized spacial score (nSPS) is 10.3. The van der Waals surface area contributed by atoms with Gasteiger partial charge in [0.2, 0.25) is 5.95 Å². The van der Waals surface area contributed by atoms with E-state index in [1.54, 1.807) is 18.2 Å². The monoisotopic (exact) mass is 362 g/mol. The number of carbonyl (C=O) groups is 1. The van der Waals surface area contributed by atoms with Gasteiger partial charge in [-0.1, -0.05) is 36.4 Å². The van der Waals surface area contributed by atoms with Crippen LogP contribution in [0, 0.1) is 13.8 Å². The molecule has 1 heterocycles. The molecule has 0 fully saturated rings. The number of benzene rings is 2. The third kappa shape index (κ3) is 4.61. The second-order valence-electron chi connectivity index (χ2n) is 6.16. The van der Waals surface area contributed by atoms with Crippen molar-refractivity contribution in [2.45, 2.75) is 20.4 Å². The molecule has 6 heteroatoms. The van der Waals surface area contributed by atoms with E-state index >= 15 is 0 Å². The van der Waals surface area contributed by atoms with Gasteiger partial charge >= 0.3 is 5.97 Å². The Kier molecular flexibility index (Phi) is 5.66. The van der Waals surface area contributed by atoms with Crippen molar-refractivity contribution in [3.05, 3.63) is 77.0 Å². The van der Waals surface area contributed by atoms with Crippen molar-refractivity contribution in [1.82, 2.24) is 9.97 Å². The average molecular weight is 362 g/mol. The average Bonchev–Trinajstić information content (AvgIpc) is 2.67. The molecule has 0 bridgehead atoms. The summed E-state index contributed by atoms with van der Waals surface area (Å²) >= 11 is 0. The molecule has 0 amide bonds. The minimum atomic E-state index is -0.413. The topological polar surface area (TPSA) is 76.1 Å². The van der Waals surface area contributed by atoms with Crippen LogP contribution in [-0.2, 0) is 11.3 Å². The summed E-state index contributed by atoms with van der Waals surface area (Å²) in [5, 5.41) is 6.45. The third-order valence-corrected chi connectivity index (χ3v) is 4.15. The summed E-state index contributed by atoms with van der Waals surface area (Å²) in [4.78, 5) is 20.9. The zero-order chi connectivity index (χ0) is 19.2. The number of aryl methyl sites for hydroxylation is 2. The highest BCUT2D eigenvalue weighted by Gasteiger charge is 2.12. The lowest BCUT2D eigenvalue weighted by Crippen LogP contribution is -2.09. The third-order valence-electron chi connectivity index (χ3n) is 4.15. The van der Waals surface area contributed by atoms with E-state index in [-0.39, 0.29) is 0 Å². The number of nitrogens with zero attached hydrogens (tertiary/aromatic N) is 2. The highest BCUT2D eigenvalue weighted by Crippen LogP contribution is 2.21. The van der Waals surface area contributed by atoms with Crippen LogP contribution in [0.25, 0.3) is 0 Å². The van der Waals surface area contributed by atoms with Gasteiger partial charge in [0.1, 0.15) is 5.82 Å². The van der Waals surface area contributed by atoms with Gasteiger partial charge in [0, 0.05) is 18.3 Å². The summed E-state index contributed by atoms with van der Waals surface area (Å²) in [7, 11) is 1.36. The Morgan fingerprint density at radius 1 is 1.04 bits per heavy atom. The molecule has 6 nitrogen and oxygen atoms in total. The van der Waals surface area contributed by atoms with E-state index in [1.807, 2.05) is 31.2 Å². The predicted molar refractivity (Wildman–Crippen MR) is 106 cm³/mol. The molecule has 0 radical (unpaired) electrons. The number of ether oxygens (including phenoxy) is 1. The van der Waals surface area contributed by atoms with E-state index in [2.05, 4.69) is 39.7 Å². The maximum Gasteiger partial charge on any atom is 0.339 e. The quantitative estimate of drug-likeness (QED) is 0.639. The molecular formula is C21H22N4O2. The molecule has 138 valence electrons. The summed E-state index contributed by atoms with van der Waals surface area (Å²) in [5.41, 5.74) is 4.27. The molecule has 0 aliphatic carbocycles. The van der Waals surface area contributed by atoms with Gasteiger partial charge in [-0.25, -0.2) is 9.78 Å². The molecule has 0 saturated heterocycles. The fourth-order valence-corrected chi connectivity index (χ4v) is 2.71. The first-order valence-electron chi connectivity index (χ1n) is 8.65. The number of para-hydroxylation sites is 1. The lowest BCUT2D eigenvalue weighted by atomic mass is 10.1. The number of hydrogen-bond donors (Lipinski definition) is 2. The Hall–Kier alpha value is -3.41.